The normalized spacial score (nSPS) is 11.8. The molecule has 0 aliphatic carbocycles. The minimum atomic E-state index is -3.80. The average molecular weight is 553 g/mol. The smallest absolute Gasteiger partial charge is 0.240 e. The topological polar surface area (TPSA) is 88.4 Å². The number of rotatable bonds is 8. The highest BCUT2D eigenvalue weighted by Crippen LogP contribution is 2.30. The SMILES string of the molecule is Cc1ccc(F)cc1S(=O)(=O)NCCCNc1cc(-c2ccccc2Cl)nc2c(Br)cnn12. The van der Waals surface area contributed by atoms with Gasteiger partial charge in [0.1, 0.15) is 11.6 Å². The molecule has 2 N–H and O–H groups in total. The number of hydrogen-bond donors (Lipinski definition) is 2. The molecule has 7 nitrogen and oxygen atoms in total. The highest BCUT2D eigenvalue weighted by molar-refractivity contribution is 9.10. The third kappa shape index (κ3) is 5.19. The Morgan fingerprint density at radius 2 is 1.94 bits per heavy atom. The lowest BCUT2D eigenvalue weighted by Crippen LogP contribution is -2.27. The number of halogens is 3. The lowest BCUT2D eigenvalue weighted by atomic mass is 10.1. The Labute approximate surface area is 204 Å². The first-order valence-electron chi connectivity index (χ1n) is 10.0. The third-order valence-corrected chi connectivity index (χ3v) is 7.46. The summed E-state index contributed by atoms with van der Waals surface area (Å²) in [6.45, 7) is 2.27. The first kappa shape index (κ1) is 23.6. The fourth-order valence-corrected chi connectivity index (χ4v) is 5.23. The van der Waals surface area contributed by atoms with Crippen molar-refractivity contribution in [3.63, 3.8) is 0 Å². The van der Waals surface area contributed by atoms with Gasteiger partial charge in [-0.05, 0) is 53.0 Å². The monoisotopic (exact) mass is 551 g/mol. The van der Waals surface area contributed by atoms with Gasteiger partial charge in [-0.25, -0.2) is 22.5 Å². The van der Waals surface area contributed by atoms with E-state index in [0.29, 0.717) is 40.7 Å². The van der Waals surface area contributed by atoms with Crippen LogP contribution in [0, 0.1) is 12.7 Å². The lowest BCUT2D eigenvalue weighted by Gasteiger charge is -2.12. The molecule has 0 saturated heterocycles. The minimum absolute atomic E-state index is 0.0583. The minimum Gasteiger partial charge on any atom is -0.370 e. The van der Waals surface area contributed by atoms with Crippen LogP contribution >= 0.6 is 27.5 Å². The van der Waals surface area contributed by atoms with Gasteiger partial charge in [0.05, 0.1) is 21.3 Å². The average Bonchev–Trinajstić information content (AvgIpc) is 3.16. The molecule has 0 atom stereocenters. The van der Waals surface area contributed by atoms with Gasteiger partial charge >= 0.3 is 0 Å². The van der Waals surface area contributed by atoms with E-state index in [0.717, 1.165) is 16.1 Å². The summed E-state index contributed by atoms with van der Waals surface area (Å²) in [5.74, 6) is 0.0912. The number of anilines is 1. The first-order chi connectivity index (χ1) is 15.8. The zero-order chi connectivity index (χ0) is 23.6. The zero-order valence-corrected chi connectivity index (χ0v) is 20.7. The molecule has 0 saturated carbocycles. The number of nitrogens with one attached hydrogen (secondary N) is 2. The molecule has 0 bridgehead atoms. The Balaban J connectivity index is 1.46. The van der Waals surface area contributed by atoms with Crippen molar-refractivity contribution in [3.8, 4) is 11.3 Å². The van der Waals surface area contributed by atoms with Gasteiger partial charge in [0.2, 0.25) is 10.0 Å². The molecule has 0 amide bonds. The van der Waals surface area contributed by atoms with Crippen LogP contribution in [0.2, 0.25) is 5.02 Å². The molecule has 0 aliphatic rings. The van der Waals surface area contributed by atoms with Crippen molar-refractivity contribution in [2.24, 2.45) is 0 Å². The van der Waals surface area contributed by atoms with Gasteiger partial charge in [-0.1, -0.05) is 35.9 Å². The molecule has 4 aromatic rings. The van der Waals surface area contributed by atoms with Crippen molar-refractivity contribution in [1.82, 2.24) is 19.3 Å². The molecular formula is C22H20BrClFN5O2S. The van der Waals surface area contributed by atoms with Crippen LogP contribution in [-0.4, -0.2) is 36.1 Å². The van der Waals surface area contributed by atoms with E-state index in [4.69, 9.17) is 11.6 Å². The molecule has 4 rings (SSSR count). The van der Waals surface area contributed by atoms with Crippen LogP contribution in [0.15, 0.2) is 64.1 Å². The van der Waals surface area contributed by atoms with Crippen LogP contribution in [0.5, 0.6) is 0 Å². The Hall–Kier alpha value is -2.53. The van der Waals surface area contributed by atoms with E-state index in [2.05, 4.69) is 36.1 Å². The quantitative estimate of drug-likeness (QED) is 0.299. The van der Waals surface area contributed by atoms with E-state index < -0.39 is 15.8 Å². The van der Waals surface area contributed by atoms with Crippen LogP contribution in [0.25, 0.3) is 16.9 Å². The Morgan fingerprint density at radius 3 is 2.73 bits per heavy atom. The molecule has 0 aliphatic heterocycles. The summed E-state index contributed by atoms with van der Waals surface area (Å²) >= 11 is 9.82. The predicted octanol–water partition coefficient (Wildman–Crippen LogP) is 5.04. The maximum atomic E-state index is 13.5. The number of aromatic nitrogens is 3. The zero-order valence-electron chi connectivity index (χ0n) is 17.5. The van der Waals surface area contributed by atoms with Gasteiger partial charge in [0.15, 0.2) is 5.65 Å². The molecule has 11 heteroatoms. The lowest BCUT2D eigenvalue weighted by molar-refractivity contribution is 0.575. The number of nitrogens with zero attached hydrogens (tertiary/aromatic N) is 3. The molecule has 172 valence electrons. The van der Waals surface area contributed by atoms with Gasteiger partial charge in [0.25, 0.3) is 0 Å². The second kappa shape index (κ2) is 9.76. The summed E-state index contributed by atoms with van der Waals surface area (Å²) in [5, 5.41) is 8.20. The summed E-state index contributed by atoms with van der Waals surface area (Å²) < 4.78 is 43.4. The van der Waals surface area contributed by atoms with E-state index in [9.17, 15) is 12.8 Å². The molecular weight excluding hydrogens is 533 g/mol. The summed E-state index contributed by atoms with van der Waals surface area (Å²) in [7, 11) is -3.80. The molecule has 33 heavy (non-hydrogen) atoms. The van der Waals surface area contributed by atoms with Crippen LogP contribution in [0.1, 0.15) is 12.0 Å². The highest BCUT2D eigenvalue weighted by atomic mass is 79.9. The summed E-state index contributed by atoms with van der Waals surface area (Å²) in [5.41, 5.74) is 2.57. The fraction of sp³-hybridized carbons (Fsp3) is 0.182. The summed E-state index contributed by atoms with van der Waals surface area (Å²) in [4.78, 5) is 4.60. The van der Waals surface area contributed by atoms with E-state index in [1.807, 2.05) is 24.3 Å². The Bertz CT molecular complexity index is 1430. The summed E-state index contributed by atoms with van der Waals surface area (Å²) in [6.07, 6.45) is 2.14. The first-order valence-corrected chi connectivity index (χ1v) is 12.7. The molecule has 0 fully saturated rings. The maximum Gasteiger partial charge on any atom is 0.240 e. The van der Waals surface area contributed by atoms with Gasteiger partial charge in [-0.2, -0.15) is 9.61 Å². The van der Waals surface area contributed by atoms with Crippen molar-refractivity contribution < 1.29 is 12.8 Å². The second-order valence-corrected chi connectivity index (χ2v) is 10.3. The van der Waals surface area contributed by atoms with Crippen LogP contribution in [0.3, 0.4) is 0 Å². The van der Waals surface area contributed by atoms with E-state index >= 15 is 0 Å². The second-order valence-electron chi connectivity index (χ2n) is 7.32. The number of fused-ring (bicyclic) bond motifs is 1. The van der Waals surface area contributed by atoms with Gasteiger partial charge < -0.3 is 5.32 Å². The number of aryl methyl sites for hydroxylation is 1. The summed E-state index contributed by atoms with van der Waals surface area (Å²) in [6, 6.07) is 13.0. The Morgan fingerprint density at radius 1 is 1.15 bits per heavy atom. The highest BCUT2D eigenvalue weighted by Gasteiger charge is 2.17. The standard InChI is InChI=1S/C22H20BrClFN5O2S/c1-14-7-8-15(25)11-20(14)33(31,32)28-10-4-9-26-21-12-19(16-5-2-3-6-18(16)24)29-22-17(23)13-27-30(21)22/h2-3,5-8,11-13,26,28H,4,9-10H2,1H3. The van der Waals surface area contributed by atoms with Crippen molar-refractivity contribution in [3.05, 3.63) is 75.6 Å². The number of hydrogen-bond acceptors (Lipinski definition) is 5. The Kier molecular flexibility index (Phi) is 6.99. The number of sulfonamides is 1. The molecule has 2 heterocycles. The van der Waals surface area contributed by atoms with E-state index in [1.165, 1.54) is 12.1 Å². The largest absolute Gasteiger partial charge is 0.370 e. The molecule has 0 spiro atoms. The van der Waals surface area contributed by atoms with Gasteiger partial charge in [0, 0.05) is 29.7 Å². The molecule has 0 unspecified atom stereocenters. The van der Waals surface area contributed by atoms with E-state index in [1.54, 1.807) is 23.7 Å². The predicted molar refractivity (Wildman–Crippen MR) is 131 cm³/mol. The van der Waals surface area contributed by atoms with Crippen molar-refractivity contribution in [1.29, 1.82) is 0 Å². The van der Waals surface area contributed by atoms with Gasteiger partial charge in [-0.15, -0.1) is 0 Å². The third-order valence-electron chi connectivity index (χ3n) is 4.97. The van der Waals surface area contributed by atoms with E-state index in [-0.39, 0.29) is 11.4 Å². The molecule has 0 radical (unpaired) electrons. The number of benzene rings is 2. The maximum absolute atomic E-state index is 13.5. The van der Waals surface area contributed by atoms with Gasteiger partial charge in [-0.3, -0.25) is 0 Å². The van der Waals surface area contributed by atoms with Crippen LogP contribution in [-0.2, 0) is 10.0 Å². The van der Waals surface area contributed by atoms with Crippen LogP contribution in [0.4, 0.5) is 10.2 Å². The molecule has 2 aromatic carbocycles. The van der Waals surface area contributed by atoms with Crippen molar-refractivity contribution in [2.45, 2.75) is 18.2 Å². The molecule has 2 aromatic heterocycles. The van der Waals surface area contributed by atoms with Crippen LogP contribution < -0.4 is 10.0 Å². The van der Waals surface area contributed by atoms with Crippen molar-refractivity contribution in [2.75, 3.05) is 18.4 Å². The van der Waals surface area contributed by atoms with Crippen molar-refractivity contribution >= 4 is 49.0 Å². The fourth-order valence-electron chi connectivity index (χ4n) is 3.32.